The summed E-state index contributed by atoms with van der Waals surface area (Å²) in [5.74, 6) is -0.454. The molecule has 1 rings (SSSR count). The Kier molecular flexibility index (Phi) is 3.33. The van der Waals surface area contributed by atoms with Gasteiger partial charge in [0.1, 0.15) is 5.75 Å². The van der Waals surface area contributed by atoms with Crippen molar-refractivity contribution in [2.45, 2.75) is 38.9 Å². The van der Waals surface area contributed by atoms with E-state index in [0.717, 1.165) is 0 Å². The number of aromatic hydroxyl groups is 1. The second-order valence-electron chi connectivity index (χ2n) is 5.48. The number of phenolic OH excluding ortho intramolecular Hbond substituents is 1. The lowest BCUT2D eigenvalue weighted by atomic mass is 10.2. The summed E-state index contributed by atoms with van der Waals surface area (Å²) in [6.45, 7) is 10.6. The third kappa shape index (κ3) is 2.75. The summed E-state index contributed by atoms with van der Waals surface area (Å²) in [6.07, 6.45) is 0. The minimum absolute atomic E-state index is 0.0804. The average molecular weight is 242 g/mol. The second-order valence-corrected chi connectivity index (χ2v) is 10.2. The molecule has 0 atom stereocenters. The molecule has 0 heterocycles. The molecule has 1 aromatic carbocycles. The van der Waals surface area contributed by atoms with E-state index in [4.69, 9.17) is 4.43 Å². The number of hydrogen-bond donors (Lipinski definition) is 1. The molecular formula is C12H19FO2Si. The van der Waals surface area contributed by atoms with Crippen LogP contribution in [0.2, 0.25) is 18.1 Å². The molecule has 0 bridgehead atoms. The van der Waals surface area contributed by atoms with Crippen molar-refractivity contribution in [3.05, 3.63) is 24.0 Å². The molecule has 0 saturated heterocycles. The molecule has 90 valence electrons. The molecule has 0 unspecified atom stereocenters. The van der Waals surface area contributed by atoms with E-state index in [1.807, 2.05) is 0 Å². The van der Waals surface area contributed by atoms with E-state index in [1.165, 1.54) is 12.1 Å². The van der Waals surface area contributed by atoms with Crippen LogP contribution >= 0.6 is 0 Å². The van der Waals surface area contributed by atoms with Gasteiger partial charge < -0.3 is 9.53 Å². The SMILES string of the molecule is CC(C)(C)[Si](C)(C)Oc1ccc(F)c(O)c1. The average Bonchev–Trinajstić information content (AvgIpc) is 2.09. The van der Waals surface area contributed by atoms with Crippen LogP contribution in [0.3, 0.4) is 0 Å². The maximum atomic E-state index is 12.9. The van der Waals surface area contributed by atoms with Crippen LogP contribution in [0.15, 0.2) is 18.2 Å². The minimum Gasteiger partial charge on any atom is -0.543 e. The van der Waals surface area contributed by atoms with E-state index in [1.54, 1.807) is 6.07 Å². The topological polar surface area (TPSA) is 29.5 Å². The van der Waals surface area contributed by atoms with Gasteiger partial charge in [-0.3, -0.25) is 0 Å². The lowest BCUT2D eigenvalue weighted by molar-refractivity contribution is 0.424. The first-order chi connectivity index (χ1) is 7.13. The van der Waals surface area contributed by atoms with Crippen molar-refractivity contribution in [3.63, 3.8) is 0 Å². The van der Waals surface area contributed by atoms with Crippen LogP contribution in [0.4, 0.5) is 4.39 Å². The lowest BCUT2D eigenvalue weighted by Gasteiger charge is -2.36. The lowest BCUT2D eigenvalue weighted by Crippen LogP contribution is -2.43. The number of phenols is 1. The second kappa shape index (κ2) is 4.09. The molecule has 0 aromatic heterocycles. The third-order valence-electron chi connectivity index (χ3n) is 3.10. The largest absolute Gasteiger partial charge is 0.543 e. The molecule has 0 saturated carbocycles. The predicted molar refractivity (Wildman–Crippen MR) is 65.9 cm³/mol. The van der Waals surface area contributed by atoms with Gasteiger partial charge in [0.25, 0.3) is 0 Å². The zero-order valence-corrected chi connectivity index (χ0v) is 11.5. The summed E-state index contributed by atoms with van der Waals surface area (Å²) in [7, 11) is -1.92. The number of rotatable bonds is 2. The smallest absolute Gasteiger partial charge is 0.250 e. The summed E-state index contributed by atoms with van der Waals surface area (Å²) >= 11 is 0. The van der Waals surface area contributed by atoms with Gasteiger partial charge in [0, 0.05) is 6.07 Å². The molecule has 16 heavy (non-hydrogen) atoms. The zero-order chi connectivity index (χ0) is 12.6. The summed E-state index contributed by atoms with van der Waals surface area (Å²) in [5, 5.41) is 9.34. The van der Waals surface area contributed by atoms with Gasteiger partial charge in [0.15, 0.2) is 11.6 Å². The monoisotopic (exact) mass is 242 g/mol. The quantitative estimate of drug-likeness (QED) is 0.797. The Morgan fingerprint density at radius 1 is 1.25 bits per heavy atom. The van der Waals surface area contributed by atoms with Gasteiger partial charge in [0.2, 0.25) is 8.32 Å². The van der Waals surface area contributed by atoms with Gasteiger partial charge >= 0.3 is 0 Å². The third-order valence-corrected chi connectivity index (χ3v) is 7.46. The first-order valence-corrected chi connectivity index (χ1v) is 8.22. The number of hydrogen-bond acceptors (Lipinski definition) is 2. The Balaban J connectivity index is 2.93. The minimum atomic E-state index is -1.92. The molecular weight excluding hydrogens is 223 g/mol. The Morgan fingerprint density at radius 2 is 1.81 bits per heavy atom. The molecule has 4 heteroatoms. The van der Waals surface area contributed by atoms with Gasteiger partial charge in [-0.1, -0.05) is 20.8 Å². The maximum absolute atomic E-state index is 12.9. The Hall–Kier alpha value is -1.03. The summed E-state index contributed by atoms with van der Waals surface area (Å²) in [5.41, 5.74) is 0. The zero-order valence-electron chi connectivity index (χ0n) is 10.5. The van der Waals surface area contributed by atoms with Crippen LogP contribution in [0, 0.1) is 5.82 Å². The highest BCUT2D eigenvalue weighted by Crippen LogP contribution is 2.38. The molecule has 0 radical (unpaired) electrons. The van der Waals surface area contributed by atoms with Crippen molar-refractivity contribution in [2.75, 3.05) is 0 Å². The molecule has 0 spiro atoms. The standard InChI is InChI=1S/C12H19FO2Si/c1-12(2,3)16(4,5)15-9-6-7-10(13)11(14)8-9/h6-8,14H,1-5H3. The van der Waals surface area contributed by atoms with Crippen molar-refractivity contribution in [1.82, 2.24) is 0 Å². The predicted octanol–water partition coefficient (Wildman–Crippen LogP) is 3.92. The van der Waals surface area contributed by atoms with Crippen LogP contribution in [-0.4, -0.2) is 13.4 Å². The fraction of sp³-hybridized carbons (Fsp3) is 0.500. The Labute approximate surface area is 97.2 Å². The molecule has 0 fully saturated rings. The van der Waals surface area contributed by atoms with Crippen LogP contribution in [0.5, 0.6) is 11.5 Å². The van der Waals surface area contributed by atoms with Crippen LogP contribution in [0.25, 0.3) is 0 Å². The van der Waals surface area contributed by atoms with E-state index in [2.05, 4.69) is 33.9 Å². The number of halogens is 1. The van der Waals surface area contributed by atoms with Crippen molar-refractivity contribution in [1.29, 1.82) is 0 Å². The van der Waals surface area contributed by atoms with Gasteiger partial charge in [-0.15, -0.1) is 0 Å². The molecule has 0 aliphatic rings. The fourth-order valence-corrected chi connectivity index (χ4v) is 2.03. The normalized spacial score (nSPS) is 12.6. The van der Waals surface area contributed by atoms with Crippen molar-refractivity contribution in [3.8, 4) is 11.5 Å². The van der Waals surface area contributed by atoms with Crippen LogP contribution in [0.1, 0.15) is 20.8 Å². The summed E-state index contributed by atoms with van der Waals surface area (Å²) < 4.78 is 18.8. The fourth-order valence-electron chi connectivity index (χ4n) is 1.00. The molecule has 1 N–H and O–H groups in total. The first kappa shape index (κ1) is 13.0. The number of benzene rings is 1. The molecule has 0 aliphatic carbocycles. The maximum Gasteiger partial charge on any atom is 0.250 e. The van der Waals surface area contributed by atoms with Crippen molar-refractivity contribution in [2.24, 2.45) is 0 Å². The molecule has 1 aromatic rings. The van der Waals surface area contributed by atoms with Gasteiger partial charge in [-0.2, -0.15) is 0 Å². The van der Waals surface area contributed by atoms with Crippen LogP contribution in [-0.2, 0) is 0 Å². The van der Waals surface area contributed by atoms with Crippen molar-refractivity contribution < 1.29 is 13.9 Å². The van der Waals surface area contributed by atoms with E-state index >= 15 is 0 Å². The summed E-state index contributed by atoms with van der Waals surface area (Å²) in [6, 6.07) is 4.10. The first-order valence-electron chi connectivity index (χ1n) is 5.31. The highest BCUT2D eigenvalue weighted by molar-refractivity contribution is 6.74. The van der Waals surface area contributed by atoms with Crippen molar-refractivity contribution >= 4 is 8.32 Å². The molecule has 2 nitrogen and oxygen atoms in total. The van der Waals surface area contributed by atoms with E-state index in [0.29, 0.717) is 5.75 Å². The van der Waals surface area contributed by atoms with Gasteiger partial charge in [0.05, 0.1) is 0 Å². The highest BCUT2D eigenvalue weighted by Gasteiger charge is 2.39. The van der Waals surface area contributed by atoms with E-state index in [-0.39, 0.29) is 10.8 Å². The van der Waals surface area contributed by atoms with E-state index < -0.39 is 14.1 Å². The van der Waals surface area contributed by atoms with Gasteiger partial charge in [-0.25, -0.2) is 4.39 Å². The Morgan fingerprint density at radius 3 is 2.25 bits per heavy atom. The van der Waals surface area contributed by atoms with Crippen LogP contribution < -0.4 is 4.43 Å². The van der Waals surface area contributed by atoms with Gasteiger partial charge in [-0.05, 0) is 30.3 Å². The summed E-state index contributed by atoms with van der Waals surface area (Å²) in [4.78, 5) is 0. The van der Waals surface area contributed by atoms with E-state index in [9.17, 15) is 9.50 Å². The highest BCUT2D eigenvalue weighted by atomic mass is 28.4. The molecule has 0 aliphatic heterocycles. The molecule has 0 amide bonds. The Bertz CT molecular complexity index is 383.